The van der Waals surface area contributed by atoms with Crippen molar-refractivity contribution in [2.45, 2.75) is 51.6 Å². The second-order valence-electron chi connectivity index (χ2n) is 5.16. The zero-order valence-electron chi connectivity index (χ0n) is 11.0. The van der Waals surface area contributed by atoms with Gasteiger partial charge in [0, 0.05) is 13.1 Å². The van der Waals surface area contributed by atoms with E-state index in [4.69, 9.17) is 4.74 Å². The topological polar surface area (TPSA) is 58.6 Å². The molecule has 4 nitrogen and oxygen atoms in total. The van der Waals surface area contributed by atoms with Gasteiger partial charge in [0.15, 0.2) is 0 Å². The molecule has 0 aliphatic heterocycles. The van der Waals surface area contributed by atoms with Crippen LogP contribution in [-0.2, 0) is 9.53 Å². The van der Waals surface area contributed by atoms with Crippen LogP contribution in [0.2, 0.25) is 0 Å². The Hall–Kier alpha value is -0.610. The second kappa shape index (κ2) is 6.97. The fourth-order valence-electron chi connectivity index (χ4n) is 2.54. The second-order valence-corrected chi connectivity index (χ2v) is 5.16. The lowest BCUT2D eigenvalue weighted by Gasteiger charge is -2.35. The molecule has 1 rings (SSSR count). The Bertz CT molecular complexity index is 245. The predicted molar refractivity (Wildman–Crippen MR) is 66.7 cm³/mol. The molecule has 4 heteroatoms. The Labute approximate surface area is 104 Å². The molecule has 1 aliphatic carbocycles. The summed E-state index contributed by atoms with van der Waals surface area (Å²) in [6, 6.07) is 0. The summed E-state index contributed by atoms with van der Waals surface area (Å²) >= 11 is 0. The number of hydrogen-bond donors (Lipinski definition) is 2. The van der Waals surface area contributed by atoms with Crippen molar-refractivity contribution in [3.8, 4) is 0 Å². The molecular weight excluding hydrogens is 218 g/mol. The molecule has 0 heterocycles. The van der Waals surface area contributed by atoms with Gasteiger partial charge in [0.2, 0.25) is 0 Å². The first-order valence-corrected chi connectivity index (χ1v) is 6.64. The lowest BCUT2D eigenvalue weighted by molar-refractivity contribution is -0.143. The molecule has 0 saturated heterocycles. The summed E-state index contributed by atoms with van der Waals surface area (Å²) in [5, 5.41) is 13.5. The summed E-state index contributed by atoms with van der Waals surface area (Å²) in [4.78, 5) is 11.1. The van der Waals surface area contributed by atoms with Gasteiger partial charge in [0.1, 0.15) is 0 Å². The van der Waals surface area contributed by atoms with Crippen LogP contribution in [0.3, 0.4) is 0 Å². The molecule has 1 aliphatic rings. The van der Waals surface area contributed by atoms with Crippen LogP contribution < -0.4 is 5.32 Å². The first kappa shape index (κ1) is 14.5. The van der Waals surface area contributed by atoms with Crippen molar-refractivity contribution in [2.75, 3.05) is 19.7 Å². The summed E-state index contributed by atoms with van der Waals surface area (Å²) in [5.74, 6) is 0.421. The van der Waals surface area contributed by atoms with Crippen LogP contribution >= 0.6 is 0 Å². The van der Waals surface area contributed by atoms with E-state index in [-0.39, 0.29) is 5.97 Å². The highest BCUT2D eigenvalue weighted by atomic mass is 16.5. The highest BCUT2D eigenvalue weighted by Gasteiger charge is 2.31. The maximum Gasteiger partial charge on any atom is 0.307 e. The normalized spacial score (nSPS) is 29.0. The molecule has 0 radical (unpaired) electrons. The fourth-order valence-corrected chi connectivity index (χ4v) is 2.54. The van der Waals surface area contributed by atoms with Crippen LogP contribution in [-0.4, -0.2) is 36.4 Å². The molecule has 2 atom stereocenters. The van der Waals surface area contributed by atoms with Gasteiger partial charge in [0.05, 0.1) is 18.6 Å². The third-order valence-corrected chi connectivity index (χ3v) is 3.33. The smallest absolute Gasteiger partial charge is 0.307 e. The van der Waals surface area contributed by atoms with Gasteiger partial charge in [-0.1, -0.05) is 19.8 Å². The Morgan fingerprint density at radius 2 is 2.35 bits per heavy atom. The maximum absolute atomic E-state index is 11.1. The third-order valence-electron chi connectivity index (χ3n) is 3.33. The number of hydrogen-bond acceptors (Lipinski definition) is 4. The predicted octanol–water partition coefficient (Wildman–Crippen LogP) is 1.47. The lowest BCUT2D eigenvalue weighted by Crippen LogP contribution is -2.44. The van der Waals surface area contributed by atoms with Gasteiger partial charge in [-0.2, -0.15) is 0 Å². The standard InChI is InChI=1S/C13H25NO3/c1-3-17-12(15)6-8-14-10-13(16)7-4-5-11(2)9-13/h11,14,16H,3-10H2,1-2H3. The molecule has 0 bridgehead atoms. The molecule has 2 unspecified atom stereocenters. The molecular formula is C13H25NO3. The zero-order chi connectivity index (χ0) is 12.7. The summed E-state index contributed by atoms with van der Waals surface area (Å²) in [6.07, 6.45) is 4.41. The van der Waals surface area contributed by atoms with Gasteiger partial charge in [-0.05, 0) is 25.7 Å². The molecule has 0 aromatic rings. The summed E-state index contributed by atoms with van der Waals surface area (Å²) in [5.41, 5.74) is -0.577. The Morgan fingerprint density at radius 1 is 1.59 bits per heavy atom. The van der Waals surface area contributed by atoms with Gasteiger partial charge < -0.3 is 15.2 Å². The van der Waals surface area contributed by atoms with E-state index in [2.05, 4.69) is 12.2 Å². The van der Waals surface area contributed by atoms with Crippen LogP contribution in [0.1, 0.15) is 46.0 Å². The minimum absolute atomic E-state index is 0.177. The van der Waals surface area contributed by atoms with Gasteiger partial charge in [-0.25, -0.2) is 0 Å². The molecule has 0 amide bonds. The monoisotopic (exact) mass is 243 g/mol. The quantitative estimate of drug-likeness (QED) is 0.548. The Kier molecular flexibility index (Phi) is 5.92. The highest BCUT2D eigenvalue weighted by molar-refractivity contribution is 5.69. The number of carbonyl (C=O) groups excluding carboxylic acids is 1. The SMILES string of the molecule is CCOC(=O)CCNCC1(O)CCCC(C)C1. The van der Waals surface area contributed by atoms with E-state index in [9.17, 15) is 9.90 Å². The molecule has 100 valence electrons. The first-order valence-electron chi connectivity index (χ1n) is 6.64. The van der Waals surface area contributed by atoms with E-state index >= 15 is 0 Å². The minimum atomic E-state index is -0.577. The molecule has 0 aromatic carbocycles. The maximum atomic E-state index is 11.1. The van der Waals surface area contributed by atoms with Crippen molar-refractivity contribution in [1.82, 2.24) is 5.32 Å². The minimum Gasteiger partial charge on any atom is -0.466 e. The van der Waals surface area contributed by atoms with Crippen molar-refractivity contribution >= 4 is 5.97 Å². The van der Waals surface area contributed by atoms with Gasteiger partial charge in [-0.3, -0.25) is 4.79 Å². The van der Waals surface area contributed by atoms with E-state index in [0.717, 1.165) is 19.3 Å². The van der Waals surface area contributed by atoms with Gasteiger partial charge in [0.25, 0.3) is 0 Å². The molecule has 1 saturated carbocycles. The molecule has 1 fully saturated rings. The number of rotatable bonds is 6. The summed E-state index contributed by atoms with van der Waals surface area (Å²) in [6.45, 7) is 5.58. The van der Waals surface area contributed by atoms with E-state index in [1.54, 1.807) is 6.92 Å². The Morgan fingerprint density at radius 3 is 3.00 bits per heavy atom. The zero-order valence-corrected chi connectivity index (χ0v) is 11.0. The average molecular weight is 243 g/mol. The van der Waals surface area contributed by atoms with E-state index in [0.29, 0.717) is 32.0 Å². The van der Waals surface area contributed by atoms with E-state index in [1.807, 2.05) is 0 Å². The average Bonchev–Trinajstić information content (AvgIpc) is 2.24. The van der Waals surface area contributed by atoms with Crippen LogP contribution in [0.15, 0.2) is 0 Å². The van der Waals surface area contributed by atoms with Gasteiger partial charge in [-0.15, -0.1) is 0 Å². The van der Waals surface area contributed by atoms with E-state index < -0.39 is 5.60 Å². The van der Waals surface area contributed by atoms with Crippen molar-refractivity contribution in [3.05, 3.63) is 0 Å². The Balaban J connectivity index is 2.15. The molecule has 0 spiro atoms. The van der Waals surface area contributed by atoms with Crippen LogP contribution in [0.5, 0.6) is 0 Å². The van der Waals surface area contributed by atoms with Gasteiger partial charge >= 0.3 is 5.97 Å². The molecule has 2 N–H and O–H groups in total. The number of aliphatic hydroxyl groups is 1. The largest absolute Gasteiger partial charge is 0.466 e. The number of carbonyl (C=O) groups is 1. The third kappa shape index (κ3) is 5.50. The summed E-state index contributed by atoms with van der Waals surface area (Å²) in [7, 11) is 0. The van der Waals surface area contributed by atoms with Crippen LogP contribution in [0.25, 0.3) is 0 Å². The van der Waals surface area contributed by atoms with Crippen LogP contribution in [0, 0.1) is 5.92 Å². The van der Waals surface area contributed by atoms with Crippen molar-refractivity contribution in [1.29, 1.82) is 0 Å². The number of nitrogens with one attached hydrogen (secondary N) is 1. The van der Waals surface area contributed by atoms with Crippen molar-refractivity contribution < 1.29 is 14.6 Å². The van der Waals surface area contributed by atoms with Crippen LogP contribution in [0.4, 0.5) is 0 Å². The lowest BCUT2D eigenvalue weighted by atomic mass is 9.79. The molecule has 0 aromatic heterocycles. The number of esters is 1. The molecule has 17 heavy (non-hydrogen) atoms. The fraction of sp³-hybridized carbons (Fsp3) is 0.923. The first-order chi connectivity index (χ1) is 8.06. The van der Waals surface area contributed by atoms with Crippen molar-refractivity contribution in [2.24, 2.45) is 5.92 Å². The van der Waals surface area contributed by atoms with E-state index in [1.165, 1.54) is 6.42 Å². The summed E-state index contributed by atoms with van der Waals surface area (Å²) < 4.78 is 4.83. The van der Waals surface area contributed by atoms with Crippen molar-refractivity contribution in [3.63, 3.8) is 0 Å². The number of ether oxygens (including phenoxy) is 1. The highest BCUT2D eigenvalue weighted by Crippen LogP contribution is 2.31.